The number of benzene rings is 2. The van der Waals surface area contributed by atoms with Crippen molar-refractivity contribution in [2.75, 3.05) is 38.6 Å². The molecule has 0 spiro atoms. The third-order valence-corrected chi connectivity index (χ3v) is 5.50. The van der Waals surface area contributed by atoms with E-state index in [1.807, 2.05) is 25.1 Å². The maximum absolute atomic E-state index is 13.1. The van der Waals surface area contributed by atoms with Gasteiger partial charge in [-0.05, 0) is 50.5 Å². The summed E-state index contributed by atoms with van der Waals surface area (Å²) in [6.07, 6.45) is 0. The molecule has 0 saturated carbocycles. The molecule has 0 unspecified atom stereocenters. The first-order valence-corrected chi connectivity index (χ1v) is 9.21. The van der Waals surface area contributed by atoms with Gasteiger partial charge in [-0.15, -0.1) is 0 Å². The fourth-order valence-electron chi connectivity index (χ4n) is 2.28. The van der Waals surface area contributed by atoms with Gasteiger partial charge in [0, 0.05) is 13.1 Å². The van der Waals surface area contributed by atoms with Crippen LogP contribution in [0, 0.1) is 0 Å². The molecule has 0 aliphatic carbocycles. The lowest BCUT2D eigenvalue weighted by molar-refractivity contribution is 0.0600. The number of carbonyl (C=O) groups is 1. The molecule has 0 amide bonds. The third kappa shape index (κ3) is 4.58. The van der Waals surface area contributed by atoms with E-state index >= 15 is 0 Å². The first kappa shape index (κ1) is 19.0. The van der Waals surface area contributed by atoms with Crippen molar-refractivity contribution in [2.24, 2.45) is 0 Å². The number of rotatable bonds is 7. The molecule has 6 nitrogen and oxygen atoms in total. The highest BCUT2D eigenvalue weighted by Gasteiger charge is 2.25. The quantitative estimate of drug-likeness (QED) is 0.707. The van der Waals surface area contributed by atoms with Crippen LogP contribution in [-0.2, 0) is 14.8 Å². The molecule has 0 saturated heterocycles. The van der Waals surface area contributed by atoms with Crippen molar-refractivity contribution < 1.29 is 17.9 Å². The molecule has 2 rings (SSSR count). The minimum Gasteiger partial charge on any atom is -0.465 e. The second-order valence-electron chi connectivity index (χ2n) is 5.73. The third-order valence-electron chi connectivity index (χ3n) is 3.66. The van der Waals surface area contributed by atoms with Crippen LogP contribution in [0.15, 0.2) is 59.5 Å². The van der Waals surface area contributed by atoms with Gasteiger partial charge in [-0.1, -0.05) is 18.2 Å². The Morgan fingerprint density at radius 1 is 0.960 bits per heavy atom. The number of para-hydroxylation sites is 1. The normalized spacial score (nSPS) is 11.4. The summed E-state index contributed by atoms with van der Waals surface area (Å²) in [5, 5.41) is 0. The number of sulfonamides is 1. The highest BCUT2D eigenvalue weighted by molar-refractivity contribution is 7.92. The zero-order valence-corrected chi connectivity index (χ0v) is 15.4. The summed E-state index contributed by atoms with van der Waals surface area (Å²) < 4.78 is 32.2. The number of ether oxygens (including phenoxy) is 1. The summed E-state index contributed by atoms with van der Waals surface area (Å²) in [7, 11) is 1.32. The van der Waals surface area contributed by atoms with Crippen LogP contribution in [-0.4, -0.2) is 53.6 Å². The lowest BCUT2D eigenvalue weighted by atomic mass is 10.2. The Hall–Kier alpha value is -2.38. The summed E-state index contributed by atoms with van der Waals surface area (Å²) in [6, 6.07) is 14.7. The zero-order valence-electron chi connectivity index (χ0n) is 14.5. The maximum Gasteiger partial charge on any atom is 0.337 e. The van der Waals surface area contributed by atoms with Crippen LogP contribution >= 0.6 is 0 Å². The molecular weight excluding hydrogens is 340 g/mol. The summed E-state index contributed by atoms with van der Waals surface area (Å²) in [4.78, 5) is 13.6. The van der Waals surface area contributed by atoms with Crippen molar-refractivity contribution in [1.82, 2.24) is 4.90 Å². The van der Waals surface area contributed by atoms with Crippen molar-refractivity contribution in [3.8, 4) is 0 Å². The van der Waals surface area contributed by atoms with E-state index in [1.165, 1.54) is 35.7 Å². The number of esters is 1. The molecule has 0 aliphatic rings. The number of anilines is 1. The summed E-state index contributed by atoms with van der Waals surface area (Å²) in [5.74, 6) is -0.503. The van der Waals surface area contributed by atoms with Crippen molar-refractivity contribution in [1.29, 1.82) is 0 Å². The second-order valence-corrected chi connectivity index (χ2v) is 7.59. The Bertz CT molecular complexity index is 803. The van der Waals surface area contributed by atoms with Crippen molar-refractivity contribution >= 4 is 21.7 Å². The largest absolute Gasteiger partial charge is 0.465 e. The van der Waals surface area contributed by atoms with E-state index in [0.717, 1.165) is 0 Å². The van der Waals surface area contributed by atoms with Gasteiger partial charge in [-0.2, -0.15) is 0 Å². The minimum atomic E-state index is -3.74. The SMILES string of the molecule is COC(=O)c1ccc(S(=O)(=O)N(CCN(C)C)c2ccccc2)cc1. The van der Waals surface area contributed by atoms with Gasteiger partial charge < -0.3 is 9.64 Å². The van der Waals surface area contributed by atoms with Gasteiger partial charge in [0.1, 0.15) is 0 Å². The summed E-state index contributed by atoms with van der Waals surface area (Å²) in [5.41, 5.74) is 0.905. The highest BCUT2D eigenvalue weighted by atomic mass is 32.2. The summed E-state index contributed by atoms with van der Waals surface area (Å²) in [6.45, 7) is 0.895. The second kappa shape index (κ2) is 8.13. The molecule has 2 aromatic rings. The lowest BCUT2D eigenvalue weighted by Gasteiger charge is -2.26. The first-order chi connectivity index (χ1) is 11.9. The van der Waals surface area contributed by atoms with Gasteiger partial charge in [0.15, 0.2) is 0 Å². The number of carbonyl (C=O) groups excluding carboxylic acids is 1. The lowest BCUT2D eigenvalue weighted by Crippen LogP contribution is -2.36. The molecular formula is C18H22N2O4S. The Kier molecular flexibility index (Phi) is 6.17. The Balaban J connectivity index is 2.38. The number of hydrogen-bond donors (Lipinski definition) is 0. The van der Waals surface area contributed by atoms with E-state index in [2.05, 4.69) is 4.74 Å². The fourth-order valence-corrected chi connectivity index (χ4v) is 3.74. The molecule has 25 heavy (non-hydrogen) atoms. The average molecular weight is 362 g/mol. The highest BCUT2D eigenvalue weighted by Crippen LogP contribution is 2.23. The monoisotopic (exact) mass is 362 g/mol. The Morgan fingerprint density at radius 3 is 2.08 bits per heavy atom. The van der Waals surface area contributed by atoms with E-state index in [1.54, 1.807) is 24.3 Å². The van der Waals surface area contributed by atoms with Crippen LogP contribution in [0.4, 0.5) is 5.69 Å². The number of likely N-dealkylation sites (N-methyl/N-ethyl adjacent to an activating group) is 1. The molecule has 7 heteroatoms. The van der Waals surface area contributed by atoms with Gasteiger partial charge in [0.2, 0.25) is 0 Å². The molecule has 0 aliphatic heterocycles. The van der Waals surface area contributed by atoms with Crippen molar-refractivity contribution in [3.05, 3.63) is 60.2 Å². The molecule has 2 aromatic carbocycles. The van der Waals surface area contributed by atoms with Crippen LogP contribution in [0.25, 0.3) is 0 Å². The predicted octanol–water partition coefficient (Wildman–Crippen LogP) is 2.23. The molecule has 0 N–H and O–H groups in total. The molecule has 0 fully saturated rings. The van der Waals surface area contributed by atoms with Crippen LogP contribution in [0.1, 0.15) is 10.4 Å². The molecule has 0 heterocycles. The van der Waals surface area contributed by atoms with Crippen LogP contribution in [0.5, 0.6) is 0 Å². The number of methoxy groups -OCH3 is 1. The topological polar surface area (TPSA) is 66.9 Å². The zero-order chi connectivity index (χ0) is 18.4. The van der Waals surface area contributed by atoms with Gasteiger partial charge >= 0.3 is 5.97 Å². The predicted molar refractivity (Wildman–Crippen MR) is 97.3 cm³/mol. The van der Waals surface area contributed by atoms with E-state index < -0.39 is 16.0 Å². The van der Waals surface area contributed by atoms with Gasteiger partial charge in [-0.25, -0.2) is 13.2 Å². The number of nitrogens with zero attached hydrogens (tertiary/aromatic N) is 2. The average Bonchev–Trinajstić information content (AvgIpc) is 2.61. The minimum absolute atomic E-state index is 0.128. The van der Waals surface area contributed by atoms with E-state index in [9.17, 15) is 13.2 Å². The van der Waals surface area contributed by atoms with Crippen LogP contribution in [0.3, 0.4) is 0 Å². The molecule has 134 valence electrons. The molecule has 0 radical (unpaired) electrons. The van der Waals surface area contributed by atoms with E-state index in [-0.39, 0.29) is 4.90 Å². The maximum atomic E-state index is 13.1. The number of hydrogen-bond acceptors (Lipinski definition) is 5. The van der Waals surface area contributed by atoms with Crippen LogP contribution < -0.4 is 4.31 Å². The van der Waals surface area contributed by atoms with Gasteiger partial charge in [0.25, 0.3) is 10.0 Å². The fraction of sp³-hybridized carbons (Fsp3) is 0.278. The standard InChI is InChI=1S/C18H22N2O4S/c1-19(2)13-14-20(16-7-5-4-6-8-16)25(22,23)17-11-9-15(10-12-17)18(21)24-3/h4-12H,13-14H2,1-3H3. The van der Waals surface area contributed by atoms with Gasteiger partial charge in [-0.3, -0.25) is 4.31 Å². The molecule has 0 bridgehead atoms. The van der Waals surface area contributed by atoms with Crippen molar-refractivity contribution in [2.45, 2.75) is 4.90 Å². The van der Waals surface area contributed by atoms with E-state index in [0.29, 0.717) is 24.3 Å². The molecule has 0 atom stereocenters. The van der Waals surface area contributed by atoms with Gasteiger partial charge in [0.05, 0.1) is 23.3 Å². The smallest absolute Gasteiger partial charge is 0.337 e. The van der Waals surface area contributed by atoms with Crippen LogP contribution in [0.2, 0.25) is 0 Å². The Morgan fingerprint density at radius 2 is 1.56 bits per heavy atom. The first-order valence-electron chi connectivity index (χ1n) is 7.77. The van der Waals surface area contributed by atoms with Crippen molar-refractivity contribution in [3.63, 3.8) is 0 Å². The Labute approximate surface area is 148 Å². The molecule has 0 aromatic heterocycles. The summed E-state index contributed by atoms with van der Waals surface area (Å²) >= 11 is 0. The van der Waals surface area contributed by atoms with E-state index in [4.69, 9.17) is 0 Å².